The molecule has 0 bridgehead atoms. The summed E-state index contributed by atoms with van der Waals surface area (Å²) in [4.78, 5) is 5.58. The van der Waals surface area contributed by atoms with Gasteiger partial charge in [-0.1, -0.05) is 37.3 Å². The number of rotatable bonds is 8. The molecule has 1 aromatic carbocycles. The molecule has 0 saturated heterocycles. The number of hydrogen-bond donors (Lipinski definition) is 3. The molecular formula is C18H26N4O2S2. The third-order valence-corrected chi connectivity index (χ3v) is 6.39. The standard InChI is InChI=1S/C18H26N4O2S2/c1-14(17-8-5-9-25-17)11-21-18(19-2)22-12-15-6-4-7-16(10-15)13-26(23,24)20-3/h4-10,14,20H,11-13H2,1-3H3,(H2,19,21,22). The highest BCUT2D eigenvalue weighted by atomic mass is 32.2. The predicted molar refractivity (Wildman–Crippen MR) is 109 cm³/mol. The van der Waals surface area contributed by atoms with Crippen LogP contribution in [0.5, 0.6) is 0 Å². The lowest BCUT2D eigenvalue weighted by molar-refractivity contribution is 0.587. The van der Waals surface area contributed by atoms with Gasteiger partial charge in [0.1, 0.15) is 0 Å². The Bertz CT molecular complexity index is 817. The Hall–Kier alpha value is -1.90. The van der Waals surface area contributed by atoms with Crippen LogP contribution in [-0.4, -0.2) is 35.0 Å². The van der Waals surface area contributed by atoms with Crippen molar-refractivity contribution in [2.75, 3.05) is 20.6 Å². The van der Waals surface area contributed by atoms with Crippen molar-refractivity contribution in [1.82, 2.24) is 15.4 Å². The van der Waals surface area contributed by atoms with Crippen LogP contribution in [0.25, 0.3) is 0 Å². The maximum absolute atomic E-state index is 11.7. The summed E-state index contributed by atoms with van der Waals surface area (Å²) in [5, 5.41) is 8.68. The van der Waals surface area contributed by atoms with Gasteiger partial charge in [-0.2, -0.15) is 0 Å². The molecule has 8 heteroatoms. The van der Waals surface area contributed by atoms with E-state index in [2.05, 4.69) is 44.8 Å². The SMILES string of the molecule is CN=C(NCc1cccc(CS(=O)(=O)NC)c1)NCC(C)c1cccs1. The van der Waals surface area contributed by atoms with E-state index in [4.69, 9.17) is 0 Å². The summed E-state index contributed by atoms with van der Waals surface area (Å²) in [6.07, 6.45) is 0. The van der Waals surface area contributed by atoms with Gasteiger partial charge in [0.05, 0.1) is 5.75 Å². The van der Waals surface area contributed by atoms with Gasteiger partial charge in [-0.05, 0) is 29.6 Å². The Labute approximate surface area is 159 Å². The zero-order chi connectivity index (χ0) is 19.0. The van der Waals surface area contributed by atoms with Crippen LogP contribution in [-0.2, 0) is 22.3 Å². The molecule has 0 aliphatic rings. The van der Waals surface area contributed by atoms with Crippen LogP contribution in [0.4, 0.5) is 0 Å². The van der Waals surface area contributed by atoms with E-state index in [1.54, 1.807) is 18.4 Å². The lowest BCUT2D eigenvalue weighted by Crippen LogP contribution is -2.38. The molecule has 2 rings (SSSR count). The Balaban J connectivity index is 1.88. The van der Waals surface area contributed by atoms with Gasteiger partial charge in [0.15, 0.2) is 5.96 Å². The van der Waals surface area contributed by atoms with Crippen molar-refractivity contribution in [3.8, 4) is 0 Å². The fourth-order valence-corrected chi connectivity index (χ4v) is 4.00. The molecule has 3 N–H and O–H groups in total. The van der Waals surface area contributed by atoms with Gasteiger partial charge in [0, 0.05) is 30.9 Å². The van der Waals surface area contributed by atoms with E-state index in [9.17, 15) is 8.42 Å². The van der Waals surface area contributed by atoms with Crippen molar-refractivity contribution < 1.29 is 8.42 Å². The van der Waals surface area contributed by atoms with E-state index in [1.807, 2.05) is 24.3 Å². The lowest BCUT2D eigenvalue weighted by atomic mass is 10.1. The van der Waals surface area contributed by atoms with Crippen molar-refractivity contribution in [1.29, 1.82) is 0 Å². The van der Waals surface area contributed by atoms with Crippen molar-refractivity contribution in [2.45, 2.75) is 25.1 Å². The molecule has 0 fully saturated rings. The first kappa shape index (κ1) is 20.4. The minimum absolute atomic E-state index is 0.0252. The van der Waals surface area contributed by atoms with Crippen LogP contribution in [0.15, 0.2) is 46.8 Å². The number of benzene rings is 1. The number of thiophene rings is 1. The van der Waals surface area contributed by atoms with E-state index in [0.717, 1.165) is 23.6 Å². The minimum Gasteiger partial charge on any atom is -0.356 e. The summed E-state index contributed by atoms with van der Waals surface area (Å²) >= 11 is 1.75. The number of nitrogens with zero attached hydrogens (tertiary/aromatic N) is 1. The maximum Gasteiger partial charge on any atom is 0.215 e. The number of sulfonamides is 1. The molecule has 0 saturated carbocycles. The molecule has 6 nitrogen and oxygen atoms in total. The minimum atomic E-state index is -3.27. The second-order valence-electron chi connectivity index (χ2n) is 6.01. The Kier molecular flexibility index (Phi) is 7.62. The van der Waals surface area contributed by atoms with Crippen LogP contribution in [0.2, 0.25) is 0 Å². The molecule has 0 spiro atoms. The van der Waals surface area contributed by atoms with Gasteiger partial charge in [0.2, 0.25) is 10.0 Å². The van der Waals surface area contributed by atoms with Crippen molar-refractivity contribution in [3.63, 3.8) is 0 Å². The lowest BCUT2D eigenvalue weighted by Gasteiger charge is -2.15. The molecule has 2 aromatic rings. The van der Waals surface area contributed by atoms with Crippen LogP contribution >= 0.6 is 11.3 Å². The van der Waals surface area contributed by atoms with Crippen molar-refractivity contribution >= 4 is 27.3 Å². The van der Waals surface area contributed by atoms with E-state index in [0.29, 0.717) is 12.5 Å². The highest BCUT2D eigenvalue weighted by Gasteiger charge is 2.10. The largest absolute Gasteiger partial charge is 0.356 e. The maximum atomic E-state index is 11.7. The summed E-state index contributed by atoms with van der Waals surface area (Å²) in [5.41, 5.74) is 1.76. The van der Waals surface area contributed by atoms with Gasteiger partial charge >= 0.3 is 0 Å². The van der Waals surface area contributed by atoms with Crippen LogP contribution < -0.4 is 15.4 Å². The monoisotopic (exact) mass is 394 g/mol. The number of hydrogen-bond acceptors (Lipinski definition) is 4. The summed E-state index contributed by atoms with van der Waals surface area (Å²) in [5.74, 6) is 1.10. The van der Waals surface area contributed by atoms with E-state index < -0.39 is 10.0 Å². The first-order valence-electron chi connectivity index (χ1n) is 8.40. The van der Waals surface area contributed by atoms with Gasteiger partial charge in [0.25, 0.3) is 0 Å². The molecule has 1 unspecified atom stereocenters. The molecule has 1 atom stereocenters. The molecule has 142 valence electrons. The third-order valence-electron chi connectivity index (χ3n) is 3.95. The van der Waals surface area contributed by atoms with E-state index >= 15 is 0 Å². The van der Waals surface area contributed by atoms with Gasteiger partial charge in [-0.25, -0.2) is 13.1 Å². The third kappa shape index (κ3) is 6.44. The molecule has 1 heterocycles. The number of guanidine groups is 1. The highest BCUT2D eigenvalue weighted by molar-refractivity contribution is 7.88. The summed E-state index contributed by atoms with van der Waals surface area (Å²) in [7, 11) is -0.109. The Morgan fingerprint density at radius 3 is 2.62 bits per heavy atom. The van der Waals surface area contributed by atoms with Crippen molar-refractivity contribution in [3.05, 3.63) is 57.8 Å². The van der Waals surface area contributed by atoms with Gasteiger partial charge < -0.3 is 10.6 Å². The Morgan fingerprint density at radius 1 is 1.19 bits per heavy atom. The second-order valence-corrected chi connectivity index (χ2v) is 8.91. The second kappa shape index (κ2) is 9.70. The highest BCUT2D eigenvalue weighted by Crippen LogP contribution is 2.19. The van der Waals surface area contributed by atoms with Crippen LogP contribution in [0.1, 0.15) is 28.8 Å². The molecule has 0 aliphatic carbocycles. The van der Waals surface area contributed by atoms with Crippen LogP contribution in [0.3, 0.4) is 0 Å². The molecule has 0 radical (unpaired) electrons. The molecule has 0 aliphatic heterocycles. The van der Waals surface area contributed by atoms with Gasteiger partial charge in [-0.3, -0.25) is 4.99 Å². The summed E-state index contributed by atoms with van der Waals surface area (Å²) < 4.78 is 25.7. The zero-order valence-electron chi connectivity index (χ0n) is 15.3. The number of aliphatic imine (C=N–C) groups is 1. The fraction of sp³-hybridized carbons (Fsp3) is 0.389. The normalized spacial score (nSPS) is 13.4. The quantitative estimate of drug-likeness (QED) is 0.474. The van der Waals surface area contributed by atoms with Crippen LogP contribution in [0, 0.1) is 0 Å². The zero-order valence-corrected chi connectivity index (χ0v) is 17.0. The first-order valence-corrected chi connectivity index (χ1v) is 10.9. The topological polar surface area (TPSA) is 82.6 Å². The first-order chi connectivity index (χ1) is 12.4. The predicted octanol–water partition coefficient (Wildman–Crippen LogP) is 2.27. The Morgan fingerprint density at radius 2 is 1.96 bits per heavy atom. The summed E-state index contributed by atoms with van der Waals surface area (Å²) in [6, 6.07) is 11.7. The molecule has 1 aromatic heterocycles. The van der Waals surface area contributed by atoms with Crippen molar-refractivity contribution in [2.24, 2.45) is 4.99 Å². The molecule has 26 heavy (non-hydrogen) atoms. The average molecular weight is 395 g/mol. The number of nitrogens with one attached hydrogen (secondary N) is 3. The average Bonchev–Trinajstić information content (AvgIpc) is 3.16. The van der Waals surface area contributed by atoms with E-state index in [-0.39, 0.29) is 5.75 Å². The summed E-state index contributed by atoms with van der Waals surface area (Å²) in [6.45, 7) is 3.54. The molecular weight excluding hydrogens is 368 g/mol. The van der Waals surface area contributed by atoms with Gasteiger partial charge in [-0.15, -0.1) is 11.3 Å². The molecule has 0 amide bonds. The smallest absolute Gasteiger partial charge is 0.215 e. The van der Waals surface area contributed by atoms with E-state index in [1.165, 1.54) is 11.9 Å². The fourth-order valence-electron chi connectivity index (χ4n) is 2.45.